The lowest BCUT2D eigenvalue weighted by atomic mass is 10.1. The fourth-order valence-electron chi connectivity index (χ4n) is 3.19. The minimum Gasteiger partial charge on any atom is -1.00 e. The van der Waals surface area contributed by atoms with Gasteiger partial charge in [0, 0.05) is 5.56 Å². The summed E-state index contributed by atoms with van der Waals surface area (Å²) in [6.45, 7) is 5.17. The standard InChI is InChI=1S/C21H20N2O2.HI/c1-3-15-9-7-12-18-21(15)23(4-2)20(25-18)14-8-13-19-22-16-10-5-6-11-17(16)24-19;/h5-14H,3-4H2,1-2H3;1H. The molecule has 1 aliphatic rings. The van der Waals surface area contributed by atoms with Crippen LogP contribution in [0.25, 0.3) is 17.2 Å². The van der Waals surface area contributed by atoms with Gasteiger partial charge >= 0.3 is 5.89 Å². The molecule has 1 N–H and O–H groups in total. The summed E-state index contributed by atoms with van der Waals surface area (Å²) in [7, 11) is 0. The largest absolute Gasteiger partial charge is 1.00 e. The van der Waals surface area contributed by atoms with Crippen LogP contribution in [-0.4, -0.2) is 0 Å². The maximum absolute atomic E-state index is 6.04. The number of oxazole rings is 1. The SMILES string of the molecule is CCc1cccc2oc(C=CC=C3Nc4ccccc4O3)[n+](CC)c12.[I-]. The molecule has 0 unspecified atom stereocenters. The molecule has 0 aliphatic carbocycles. The first-order valence-corrected chi connectivity index (χ1v) is 8.66. The van der Waals surface area contributed by atoms with Gasteiger partial charge in [-0.2, -0.15) is 4.57 Å². The Kier molecular flexibility index (Phi) is 5.66. The number of anilines is 1. The second kappa shape index (κ2) is 7.95. The van der Waals surface area contributed by atoms with Crippen LogP contribution in [0.3, 0.4) is 0 Å². The number of aromatic nitrogens is 1. The lowest BCUT2D eigenvalue weighted by molar-refractivity contribution is -0.674. The van der Waals surface area contributed by atoms with E-state index in [0.29, 0.717) is 5.88 Å². The Morgan fingerprint density at radius 2 is 1.92 bits per heavy atom. The molecule has 3 aromatic rings. The summed E-state index contributed by atoms with van der Waals surface area (Å²) in [5.74, 6) is 2.40. The summed E-state index contributed by atoms with van der Waals surface area (Å²) in [5.41, 5.74) is 4.40. The zero-order chi connectivity index (χ0) is 17.2. The normalized spacial score (nSPS) is 14.3. The molecule has 0 atom stereocenters. The van der Waals surface area contributed by atoms with Crippen molar-refractivity contribution in [2.24, 2.45) is 0 Å². The molecular weight excluding hydrogens is 439 g/mol. The predicted octanol–water partition coefficient (Wildman–Crippen LogP) is 1.67. The van der Waals surface area contributed by atoms with Gasteiger partial charge in [-0.1, -0.05) is 31.2 Å². The molecule has 2 aromatic carbocycles. The van der Waals surface area contributed by atoms with E-state index in [1.165, 1.54) is 11.1 Å². The van der Waals surface area contributed by atoms with E-state index in [9.17, 15) is 0 Å². The lowest BCUT2D eigenvalue weighted by Crippen LogP contribution is -3.00. The van der Waals surface area contributed by atoms with Gasteiger partial charge in [-0.3, -0.25) is 0 Å². The van der Waals surface area contributed by atoms with E-state index in [0.717, 1.165) is 35.9 Å². The molecule has 4 rings (SSSR count). The number of nitrogens with zero attached hydrogens (tertiary/aromatic N) is 1. The van der Waals surface area contributed by atoms with Crippen molar-refractivity contribution >= 4 is 22.9 Å². The summed E-state index contributed by atoms with van der Waals surface area (Å²) in [4.78, 5) is 0. The molecule has 26 heavy (non-hydrogen) atoms. The van der Waals surface area contributed by atoms with Gasteiger partial charge in [0.1, 0.15) is 6.54 Å². The first-order chi connectivity index (χ1) is 12.3. The van der Waals surface area contributed by atoms with Crippen molar-refractivity contribution in [1.82, 2.24) is 0 Å². The quantitative estimate of drug-likeness (QED) is 0.476. The summed E-state index contributed by atoms with van der Waals surface area (Å²) < 4.78 is 14.0. The highest BCUT2D eigenvalue weighted by Gasteiger charge is 2.21. The number of para-hydroxylation sites is 3. The van der Waals surface area contributed by atoms with Crippen LogP contribution in [0.15, 0.2) is 64.9 Å². The van der Waals surface area contributed by atoms with Gasteiger partial charge in [0.25, 0.3) is 5.52 Å². The number of aryl methyl sites for hydroxylation is 2. The predicted molar refractivity (Wildman–Crippen MR) is 99.3 cm³/mol. The van der Waals surface area contributed by atoms with Crippen LogP contribution in [0.2, 0.25) is 0 Å². The van der Waals surface area contributed by atoms with E-state index in [1.54, 1.807) is 0 Å². The van der Waals surface area contributed by atoms with Crippen LogP contribution in [0, 0.1) is 0 Å². The molecule has 4 nitrogen and oxygen atoms in total. The number of fused-ring (bicyclic) bond motifs is 2. The molecule has 134 valence electrons. The van der Waals surface area contributed by atoms with E-state index in [1.807, 2.05) is 54.6 Å². The smallest absolute Gasteiger partial charge is 0.374 e. The molecule has 0 spiro atoms. The first kappa shape index (κ1) is 18.5. The van der Waals surface area contributed by atoms with Gasteiger partial charge < -0.3 is 38.4 Å². The van der Waals surface area contributed by atoms with Crippen molar-refractivity contribution < 1.29 is 37.7 Å². The van der Waals surface area contributed by atoms with Crippen molar-refractivity contribution in [2.45, 2.75) is 26.8 Å². The summed E-state index contributed by atoms with van der Waals surface area (Å²) >= 11 is 0. The summed E-state index contributed by atoms with van der Waals surface area (Å²) in [5, 5.41) is 3.24. The van der Waals surface area contributed by atoms with Gasteiger partial charge in [-0.15, -0.1) is 0 Å². The Hall–Kier alpha value is -2.28. The maximum Gasteiger partial charge on any atom is 0.374 e. The molecule has 0 bridgehead atoms. The summed E-state index contributed by atoms with van der Waals surface area (Å²) in [6, 6.07) is 14.1. The number of allylic oxidation sites excluding steroid dienone is 2. The monoisotopic (exact) mass is 460 g/mol. The van der Waals surface area contributed by atoms with E-state index in [4.69, 9.17) is 9.15 Å². The molecule has 0 saturated carbocycles. The molecule has 0 fully saturated rings. The van der Waals surface area contributed by atoms with Gasteiger partial charge in [-0.25, -0.2) is 0 Å². The molecular formula is C21H21IN2O2. The molecule has 1 aliphatic heterocycles. The Morgan fingerprint density at radius 1 is 1.08 bits per heavy atom. The zero-order valence-electron chi connectivity index (χ0n) is 14.8. The number of hydrogen-bond acceptors (Lipinski definition) is 3. The lowest BCUT2D eigenvalue weighted by Gasteiger charge is -1.95. The average Bonchev–Trinajstić information content (AvgIpc) is 3.21. The number of ether oxygens (including phenoxy) is 1. The number of hydrogen-bond donors (Lipinski definition) is 1. The van der Waals surface area contributed by atoms with Gasteiger partial charge in [0.05, 0.1) is 11.8 Å². The van der Waals surface area contributed by atoms with Crippen molar-refractivity contribution in [3.05, 3.63) is 72.0 Å². The van der Waals surface area contributed by atoms with E-state index in [2.05, 4.69) is 29.8 Å². The van der Waals surface area contributed by atoms with Crippen LogP contribution in [0.5, 0.6) is 5.75 Å². The van der Waals surface area contributed by atoms with Crippen LogP contribution < -0.4 is 38.6 Å². The second-order valence-electron chi connectivity index (χ2n) is 5.92. The van der Waals surface area contributed by atoms with E-state index in [-0.39, 0.29) is 24.0 Å². The summed E-state index contributed by atoms with van der Waals surface area (Å²) in [6.07, 6.45) is 6.82. The minimum absolute atomic E-state index is 0. The average molecular weight is 460 g/mol. The Balaban J connectivity index is 0.00000196. The molecule has 1 aromatic heterocycles. The minimum atomic E-state index is 0. The van der Waals surface area contributed by atoms with E-state index < -0.39 is 0 Å². The fraction of sp³-hybridized carbons (Fsp3) is 0.190. The Bertz CT molecular complexity index is 962. The number of nitrogens with one attached hydrogen (secondary N) is 1. The maximum atomic E-state index is 6.04. The molecule has 0 amide bonds. The number of rotatable bonds is 4. The Morgan fingerprint density at radius 3 is 2.69 bits per heavy atom. The topological polar surface area (TPSA) is 38.3 Å². The number of benzene rings is 2. The third-order valence-electron chi connectivity index (χ3n) is 4.38. The Labute approximate surface area is 170 Å². The van der Waals surface area contributed by atoms with Crippen LogP contribution in [0.1, 0.15) is 25.3 Å². The van der Waals surface area contributed by atoms with Crippen LogP contribution in [-0.2, 0) is 13.0 Å². The molecule has 0 radical (unpaired) electrons. The third kappa shape index (κ3) is 3.35. The third-order valence-corrected chi connectivity index (χ3v) is 4.38. The fourth-order valence-corrected chi connectivity index (χ4v) is 3.19. The van der Waals surface area contributed by atoms with Gasteiger partial charge in [0.2, 0.25) is 5.58 Å². The highest BCUT2D eigenvalue weighted by Crippen LogP contribution is 2.32. The van der Waals surface area contributed by atoms with Crippen molar-refractivity contribution in [3.8, 4) is 5.75 Å². The molecule has 2 heterocycles. The molecule has 5 heteroatoms. The van der Waals surface area contributed by atoms with Crippen molar-refractivity contribution in [2.75, 3.05) is 5.32 Å². The zero-order valence-corrected chi connectivity index (χ0v) is 17.0. The highest BCUT2D eigenvalue weighted by atomic mass is 127. The van der Waals surface area contributed by atoms with Gasteiger partial charge in [-0.05, 0) is 43.7 Å². The van der Waals surface area contributed by atoms with Crippen LogP contribution >= 0.6 is 0 Å². The molecule has 0 saturated heterocycles. The van der Waals surface area contributed by atoms with E-state index >= 15 is 0 Å². The first-order valence-electron chi connectivity index (χ1n) is 8.66. The number of halogens is 1. The van der Waals surface area contributed by atoms with Gasteiger partial charge in [0.15, 0.2) is 11.6 Å². The van der Waals surface area contributed by atoms with Crippen molar-refractivity contribution in [3.63, 3.8) is 0 Å². The van der Waals surface area contributed by atoms with Crippen LogP contribution in [0.4, 0.5) is 5.69 Å². The van der Waals surface area contributed by atoms with Crippen molar-refractivity contribution in [1.29, 1.82) is 0 Å². The highest BCUT2D eigenvalue weighted by molar-refractivity contribution is 5.74. The second-order valence-corrected chi connectivity index (χ2v) is 5.92.